The third kappa shape index (κ3) is 4.08. The number of rotatable bonds is 6. The normalized spacial score (nSPS) is 28.0. The van der Waals surface area contributed by atoms with Gasteiger partial charge in [0.25, 0.3) is 0 Å². The number of nitrogens with zero attached hydrogens (tertiary/aromatic N) is 3. The van der Waals surface area contributed by atoms with Crippen molar-refractivity contribution in [2.45, 2.75) is 82.5 Å². The fraction of sp³-hybridized carbons (Fsp3) is 0.571. The minimum atomic E-state index is -1.83. The molecule has 2 aliphatic carbocycles. The van der Waals surface area contributed by atoms with Crippen LogP contribution in [-0.4, -0.2) is 48.5 Å². The topological polar surface area (TPSA) is 70.4 Å². The molecule has 2 fully saturated rings. The van der Waals surface area contributed by atoms with Crippen molar-refractivity contribution in [1.29, 1.82) is 0 Å². The van der Waals surface area contributed by atoms with E-state index in [9.17, 15) is 0 Å². The summed E-state index contributed by atoms with van der Waals surface area (Å²) in [5.41, 5.74) is 3.76. The molecule has 36 heavy (non-hydrogen) atoms. The molecule has 0 amide bonds. The molecule has 0 bridgehead atoms. The van der Waals surface area contributed by atoms with Crippen LogP contribution in [0.4, 0.5) is 5.82 Å². The van der Waals surface area contributed by atoms with Crippen LogP contribution in [0.5, 0.6) is 0 Å². The van der Waals surface area contributed by atoms with E-state index in [0.29, 0.717) is 12.7 Å². The van der Waals surface area contributed by atoms with Crippen molar-refractivity contribution in [3.8, 4) is 0 Å². The van der Waals surface area contributed by atoms with Gasteiger partial charge in [0, 0.05) is 18.7 Å². The monoisotopic (exact) mass is 506 g/mol. The lowest BCUT2D eigenvalue weighted by Gasteiger charge is -2.37. The Kier molecular flexibility index (Phi) is 5.98. The minimum Gasteiger partial charge on any atom is -0.416 e. The zero-order valence-electron chi connectivity index (χ0n) is 22.0. The summed E-state index contributed by atoms with van der Waals surface area (Å²) in [7, 11) is -1.83. The molecule has 1 saturated heterocycles. The van der Waals surface area contributed by atoms with E-state index in [4.69, 9.17) is 18.9 Å². The van der Waals surface area contributed by atoms with Crippen LogP contribution in [0.2, 0.25) is 18.1 Å². The number of benzene rings is 1. The van der Waals surface area contributed by atoms with Gasteiger partial charge in [0.05, 0.1) is 23.6 Å². The number of hydrogen-bond donors (Lipinski definition) is 1. The second-order valence-corrected chi connectivity index (χ2v) is 16.9. The molecule has 6 rings (SSSR count). The van der Waals surface area contributed by atoms with Gasteiger partial charge in [-0.3, -0.25) is 0 Å². The van der Waals surface area contributed by atoms with Gasteiger partial charge in [-0.2, -0.15) is 0 Å². The zero-order chi connectivity index (χ0) is 25.1. The molecule has 0 spiro atoms. The number of hydrogen-bond acceptors (Lipinski definition) is 6. The average Bonchev–Trinajstić information content (AvgIpc) is 3.61. The summed E-state index contributed by atoms with van der Waals surface area (Å²) in [6, 6.07) is 11.3. The Morgan fingerprint density at radius 2 is 1.92 bits per heavy atom. The highest BCUT2D eigenvalue weighted by atomic mass is 28.4. The predicted octanol–water partition coefficient (Wildman–Crippen LogP) is 5.86. The molecule has 0 radical (unpaired) electrons. The number of aromatic nitrogens is 3. The molecular formula is C28H38N4O3Si. The van der Waals surface area contributed by atoms with Gasteiger partial charge in [0.15, 0.2) is 8.32 Å². The molecule has 1 aliphatic heterocycles. The maximum atomic E-state index is 6.62. The molecule has 1 aromatic carbocycles. The number of ether oxygens (including phenoxy) is 2. The van der Waals surface area contributed by atoms with E-state index < -0.39 is 8.32 Å². The molecule has 1 saturated carbocycles. The first-order chi connectivity index (χ1) is 17.2. The average molecular weight is 507 g/mol. The molecule has 0 unspecified atom stereocenters. The predicted molar refractivity (Wildman–Crippen MR) is 144 cm³/mol. The van der Waals surface area contributed by atoms with Crippen LogP contribution in [0.3, 0.4) is 0 Å². The molecule has 3 aliphatic rings. The lowest BCUT2D eigenvalue weighted by atomic mass is 10.1. The molecule has 8 heteroatoms. The fourth-order valence-electron chi connectivity index (χ4n) is 5.89. The number of anilines is 1. The van der Waals surface area contributed by atoms with Crippen molar-refractivity contribution >= 4 is 25.2 Å². The summed E-state index contributed by atoms with van der Waals surface area (Å²) in [5.74, 6) is 1.21. The van der Waals surface area contributed by atoms with Crippen LogP contribution < -0.4 is 5.32 Å². The third-order valence-corrected chi connectivity index (χ3v) is 13.5. The summed E-state index contributed by atoms with van der Waals surface area (Å²) < 4.78 is 21.1. The Bertz CT molecular complexity index is 1250. The molecule has 1 N–H and O–H groups in total. The summed E-state index contributed by atoms with van der Waals surface area (Å²) >= 11 is 0. The minimum absolute atomic E-state index is 0.0155. The maximum Gasteiger partial charge on any atom is 0.191 e. The van der Waals surface area contributed by atoms with Gasteiger partial charge in [0.1, 0.15) is 30.7 Å². The lowest BCUT2D eigenvalue weighted by Crippen LogP contribution is -2.42. The second-order valence-electron chi connectivity index (χ2n) is 12.1. The Hall–Kier alpha value is -2.26. The second kappa shape index (κ2) is 8.94. The molecule has 192 valence electrons. The van der Waals surface area contributed by atoms with Crippen LogP contribution >= 0.6 is 0 Å². The fourth-order valence-corrected chi connectivity index (χ4v) is 6.95. The standard InChI is InChI=1S/C28H38N4O3Si/c1-28(2,3)36(4,5)35-15-19-14-23(25-24(19)33-17-34-25)32-13-12-21-26(29-16-30-27(21)32)31-22-11-10-18-8-6-7-9-20(18)22/h6-9,12-13,16,19,22-25H,10-11,14-15,17H2,1-5H3,(H,29,30,31)/t19-,22-,23+,24+,25-/m0/s1. The molecule has 3 aromatic rings. The Morgan fingerprint density at radius 3 is 2.75 bits per heavy atom. The van der Waals surface area contributed by atoms with Crippen molar-refractivity contribution in [3.63, 3.8) is 0 Å². The smallest absolute Gasteiger partial charge is 0.191 e. The lowest BCUT2D eigenvalue weighted by molar-refractivity contribution is 0.00333. The van der Waals surface area contributed by atoms with Crippen LogP contribution in [-0.2, 0) is 20.3 Å². The largest absolute Gasteiger partial charge is 0.416 e. The first kappa shape index (κ1) is 24.1. The molecule has 2 aromatic heterocycles. The Labute approximate surface area is 214 Å². The van der Waals surface area contributed by atoms with E-state index in [1.807, 2.05) is 0 Å². The van der Waals surface area contributed by atoms with Crippen LogP contribution in [0, 0.1) is 5.92 Å². The van der Waals surface area contributed by atoms with Crippen molar-refractivity contribution in [2.75, 3.05) is 18.7 Å². The molecule has 3 heterocycles. The van der Waals surface area contributed by atoms with Gasteiger partial charge in [-0.15, -0.1) is 0 Å². The SMILES string of the molecule is CC(C)(C)[Si](C)(C)OC[C@@H]1C[C@@H](n2ccc3c(N[C@H]4CCc5ccccc54)ncnc32)[C@@H]2OCO[C@H]12. The van der Waals surface area contributed by atoms with Gasteiger partial charge < -0.3 is 23.8 Å². The van der Waals surface area contributed by atoms with E-state index >= 15 is 0 Å². The van der Waals surface area contributed by atoms with Gasteiger partial charge in [-0.25, -0.2) is 9.97 Å². The highest BCUT2D eigenvalue weighted by Crippen LogP contribution is 2.45. The Morgan fingerprint density at radius 1 is 1.11 bits per heavy atom. The summed E-state index contributed by atoms with van der Waals surface area (Å²) in [4.78, 5) is 9.35. The zero-order valence-corrected chi connectivity index (χ0v) is 23.0. The first-order valence-electron chi connectivity index (χ1n) is 13.3. The van der Waals surface area contributed by atoms with Crippen LogP contribution in [0.25, 0.3) is 11.0 Å². The van der Waals surface area contributed by atoms with E-state index in [0.717, 1.165) is 42.7 Å². The van der Waals surface area contributed by atoms with Gasteiger partial charge >= 0.3 is 0 Å². The van der Waals surface area contributed by atoms with Crippen molar-refractivity contribution in [2.24, 2.45) is 5.92 Å². The quantitative estimate of drug-likeness (QED) is 0.423. The number of nitrogens with one attached hydrogen (secondary N) is 1. The molecular weight excluding hydrogens is 468 g/mol. The van der Waals surface area contributed by atoms with E-state index in [-0.39, 0.29) is 29.3 Å². The summed E-state index contributed by atoms with van der Waals surface area (Å²) in [6.07, 6.45) is 7.04. The first-order valence-corrected chi connectivity index (χ1v) is 16.2. The van der Waals surface area contributed by atoms with Crippen LogP contribution in [0.15, 0.2) is 42.9 Å². The van der Waals surface area contributed by atoms with E-state index in [1.54, 1.807) is 6.33 Å². The summed E-state index contributed by atoms with van der Waals surface area (Å²) in [5, 5.41) is 4.96. The summed E-state index contributed by atoms with van der Waals surface area (Å²) in [6.45, 7) is 12.6. The third-order valence-electron chi connectivity index (χ3n) is 9.01. The van der Waals surface area contributed by atoms with E-state index in [1.165, 1.54) is 11.1 Å². The molecule has 5 atom stereocenters. The highest BCUT2D eigenvalue weighted by molar-refractivity contribution is 6.74. The van der Waals surface area contributed by atoms with Crippen LogP contribution in [0.1, 0.15) is 56.8 Å². The van der Waals surface area contributed by atoms with Crippen molar-refractivity contribution < 1.29 is 13.9 Å². The van der Waals surface area contributed by atoms with Crippen molar-refractivity contribution in [1.82, 2.24) is 14.5 Å². The number of fused-ring (bicyclic) bond motifs is 3. The van der Waals surface area contributed by atoms with E-state index in [2.05, 4.69) is 85.3 Å². The maximum absolute atomic E-state index is 6.62. The van der Waals surface area contributed by atoms with Crippen molar-refractivity contribution in [3.05, 3.63) is 54.0 Å². The Balaban J connectivity index is 1.24. The number of aryl methyl sites for hydroxylation is 1. The molecule has 7 nitrogen and oxygen atoms in total. The van der Waals surface area contributed by atoms with Gasteiger partial charge in [0.2, 0.25) is 0 Å². The highest BCUT2D eigenvalue weighted by Gasteiger charge is 2.50. The van der Waals surface area contributed by atoms with Gasteiger partial charge in [-0.05, 0) is 54.6 Å². The van der Waals surface area contributed by atoms with Gasteiger partial charge in [-0.1, -0.05) is 45.0 Å².